The molecule has 1 unspecified atom stereocenters. The zero-order chi connectivity index (χ0) is 17.4. The Labute approximate surface area is 148 Å². The van der Waals surface area contributed by atoms with Gasteiger partial charge < -0.3 is 9.47 Å². The van der Waals surface area contributed by atoms with Crippen molar-refractivity contribution in [1.29, 1.82) is 0 Å². The Kier molecular flexibility index (Phi) is 4.08. The molecule has 1 saturated carbocycles. The molecule has 0 aliphatic heterocycles. The largest absolute Gasteiger partial charge is 0.342 e. The summed E-state index contributed by atoms with van der Waals surface area (Å²) in [5.41, 5.74) is 3.16. The molecule has 0 spiro atoms. The molecule has 1 heterocycles. The number of fused-ring (bicyclic) bond motifs is 1. The minimum absolute atomic E-state index is 0.127. The third-order valence-corrected chi connectivity index (χ3v) is 5.45. The van der Waals surface area contributed by atoms with Crippen LogP contribution in [-0.4, -0.2) is 28.5 Å². The van der Waals surface area contributed by atoms with Gasteiger partial charge in [-0.25, -0.2) is 0 Å². The van der Waals surface area contributed by atoms with E-state index >= 15 is 0 Å². The van der Waals surface area contributed by atoms with Crippen molar-refractivity contribution in [1.82, 2.24) is 9.47 Å². The molecule has 3 nitrogen and oxygen atoms in total. The van der Waals surface area contributed by atoms with Crippen LogP contribution in [0.1, 0.15) is 35.7 Å². The van der Waals surface area contributed by atoms with Crippen molar-refractivity contribution in [3.8, 4) is 0 Å². The van der Waals surface area contributed by atoms with Gasteiger partial charge in [0.1, 0.15) is 0 Å². The third kappa shape index (κ3) is 3.07. The first-order chi connectivity index (χ1) is 12.1. The lowest BCUT2D eigenvalue weighted by atomic mass is 10.1. The number of para-hydroxylation sites is 1. The maximum atomic E-state index is 13.1. The van der Waals surface area contributed by atoms with Gasteiger partial charge in [0.2, 0.25) is 0 Å². The Hall–Kier alpha value is -2.55. The maximum absolute atomic E-state index is 13.1. The fourth-order valence-electron chi connectivity index (χ4n) is 3.60. The van der Waals surface area contributed by atoms with Crippen molar-refractivity contribution in [2.24, 2.45) is 5.92 Å². The van der Waals surface area contributed by atoms with Crippen LogP contribution in [0.5, 0.6) is 0 Å². The van der Waals surface area contributed by atoms with E-state index in [-0.39, 0.29) is 5.91 Å². The molecule has 4 rings (SSSR count). The number of hydrogen-bond acceptors (Lipinski definition) is 1. The fraction of sp³-hybridized carbons (Fsp3) is 0.318. The first kappa shape index (κ1) is 15.9. The van der Waals surface area contributed by atoms with Gasteiger partial charge in [-0.3, -0.25) is 4.79 Å². The topological polar surface area (TPSA) is 25.2 Å². The molecule has 1 aliphatic carbocycles. The lowest BCUT2D eigenvalue weighted by Crippen LogP contribution is -2.36. The number of hydrogen-bond donors (Lipinski definition) is 0. The van der Waals surface area contributed by atoms with Crippen LogP contribution in [0.25, 0.3) is 10.9 Å². The number of benzene rings is 2. The standard InChI is InChI=1S/C22H24N2O/c1-16(18-12-13-18)23(2)22(25)20-15-24(14-17-8-4-3-5-9-17)21-11-7-6-10-19(20)21/h3-11,15-16,18H,12-14H2,1-2H3. The van der Waals surface area contributed by atoms with Gasteiger partial charge in [0.05, 0.1) is 5.56 Å². The Morgan fingerprint density at radius 3 is 2.52 bits per heavy atom. The zero-order valence-corrected chi connectivity index (χ0v) is 14.9. The number of carbonyl (C=O) groups is 1. The molecule has 0 saturated heterocycles. The van der Waals surface area contributed by atoms with E-state index in [2.05, 4.69) is 47.9 Å². The highest BCUT2D eigenvalue weighted by molar-refractivity contribution is 6.07. The molecule has 2 aromatic carbocycles. The van der Waals surface area contributed by atoms with Crippen LogP contribution < -0.4 is 0 Å². The van der Waals surface area contributed by atoms with E-state index in [9.17, 15) is 4.79 Å². The molecule has 3 aromatic rings. The summed E-state index contributed by atoms with van der Waals surface area (Å²) >= 11 is 0. The van der Waals surface area contributed by atoms with E-state index in [1.54, 1.807) is 0 Å². The van der Waals surface area contributed by atoms with Gasteiger partial charge in [-0.2, -0.15) is 0 Å². The number of amides is 1. The second kappa shape index (κ2) is 6.40. The van der Waals surface area contributed by atoms with Gasteiger partial charge in [-0.1, -0.05) is 48.5 Å². The second-order valence-corrected chi connectivity index (χ2v) is 7.17. The molecule has 1 atom stereocenters. The SMILES string of the molecule is CC(C1CC1)N(C)C(=O)c1cn(Cc2ccccc2)c2ccccc12. The van der Waals surface area contributed by atoms with Crippen molar-refractivity contribution in [2.45, 2.75) is 32.4 Å². The summed E-state index contributed by atoms with van der Waals surface area (Å²) in [5, 5.41) is 1.04. The van der Waals surface area contributed by atoms with Crippen LogP contribution in [0.2, 0.25) is 0 Å². The van der Waals surface area contributed by atoms with Gasteiger partial charge in [-0.05, 0) is 37.3 Å². The van der Waals surface area contributed by atoms with E-state index < -0.39 is 0 Å². The molecular weight excluding hydrogens is 308 g/mol. The molecule has 1 aromatic heterocycles. The monoisotopic (exact) mass is 332 g/mol. The summed E-state index contributed by atoms with van der Waals surface area (Å²) in [4.78, 5) is 15.0. The number of rotatable bonds is 5. The van der Waals surface area contributed by atoms with Gasteiger partial charge in [0, 0.05) is 36.7 Å². The third-order valence-electron chi connectivity index (χ3n) is 5.45. The van der Waals surface area contributed by atoms with Crippen LogP contribution in [0.15, 0.2) is 60.8 Å². The second-order valence-electron chi connectivity index (χ2n) is 7.17. The van der Waals surface area contributed by atoms with E-state index in [4.69, 9.17) is 0 Å². The Bertz CT molecular complexity index is 893. The predicted molar refractivity (Wildman–Crippen MR) is 102 cm³/mol. The van der Waals surface area contributed by atoms with Crippen molar-refractivity contribution in [3.05, 3.63) is 71.9 Å². The van der Waals surface area contributed by atoms with Crippen LogP contribution in [0.3, 0.4) is 0 Å². The van der Waals surface area contributed by atoms with Crippen LogP contribution >= 0.6 is 0 Å². The lowest BCUT2D eigenvalue weighted by Gasteiger charge is -2.24. The van der Waals surface area contributed by atoms with Crippen molar-refractivity contribution < 1.29 is 4.79 Å². The smallest absolute Gasteiger partial charge is 0.256 e. The molecule has 0 radical (unpaired) electrons. The van der Waals surface area contributed by atoms with Gasteiger partial charge in [0.15, 0.2) is 0 Å². The number of aromatic nitrogens is 1. The van der Waals surface area contributed by atoms with Crippen molar-refractivity contribution in [3.63, 3.8) is 0 Å². The molecule has 1 amide bonds. The highest BCUT2D eigenvalue weighted by Crippen LogP contribution is 2.35. The fourth-order valence-corrected chi connectivity index (χ4v) is 3.60. The minimum atomic E-state index is 0.127. The summed E-state index contributed by atoms with van der Waals surface area (Å²) in [6.07, 6.45) is 4.51. The average molecular weight is 332 g/mol. The van der Waals surface area contributed by atoms with Gasteiger partial charge in [0.25, 0.3) is 5.91 Å². The molecule has 0 bridgehead atoms. The Balaban J connectivity index is 1.70. The maximum Gasteiger partial charge on any atom is 0.256 e. The normalized spacial score (nSPS) is 15.3. The molecule has 25 heavy (non-hydrogen) atoms. The van der Waals surface area contributed by atoms with E-state index in [1.807, 2.05) is 36.3 Å². The number of nitrogens with zero attached hydrogens (tertiary/aromatic N) is 2. The summed E-state index contributed by atoms with van der Waals surface area (Å²) < 4.78 is 2.19. The zero-order valence-electron chi connectivity index (χ0n) is 14.9. The van der Waals surface area contributed by atoms with Crippen LogP contribution in [-0.2, 0) is 6.54 Å². The van der Waals surface area contributed by atoms with E-state index in [1.165, 1.54) is 18.4 Å². The molecule has 128 valence electrons. The van der Waals surface area contributed by atoms with Gasteiger partial charge >= 0.3 is 0 Å². The Morgan fingerprint density at radius 2 is 1.80 bits per heavy atom. The highest BCUT2D eigenvalue weighted by Gasteiger charge is 2.33. The van der Waals surface area contributed by atoms with E-state index in [0.717, 1.165) is 23.0 Å². The summed E-state index contributed by atoms with van der Waals surface area (Å²) in [6.45, 7) is 2.94. The summed E-state index contributed by atoms with van der Waals surface area (Å²) in [5.74, 6) is 0.800. The molecule has 1 fully saturated rings. The lowest BCUT2D eigenvalue weighted by molar-refractivity contribution is 0.0729. The quantitative estimate of drug-likeness (QED) is 0.672. The Morgan fingerprint density at radius 1 is 1.12 bits per heavy atom. The predicted octanol–water partition coefficient (Wildman–Crippen LogP) is 4.56. The molecule has 1 aliphatic rings. The van der Waals surface area contributed by atoms with E-state index in [0.29, 0.717) is 12.0 Å². The highest BCUT2D eigenvalue weighted by atomic mass is 16.2. The summed E-state index contributed by atoms with van der Waals surface area (Å²) in [7, 11) is 1.94. The van der Waals surface area contributed by atoms with Crippen LogP contribution in [0, 0.1) is 5.92 Å². The van der Waals surface area contributed by atoms with Crippen molar-refractivity contribution in [2.75, 3.05) is 7.05 Å². The first-order valence-electron chi connectivity index (χ1n) is 9.04. The molecule has 3 heteroatoms. The van der Waals surface area contributed by atoms with Crippen LogP contribution in [0.4, 0.5) is 0 Å². The molecule has 0 N–H and O–H groups in total. The van der Waals surface area contributed by atoms with Crippen molar-refractivity contribution >= 4 is 16.8 Å². The minimum Gasteiger partial charge on any atom is -0.342 e. The molecular formula is C22H24N2O. The van der Waals surface area contributed by atoms with Gasteiger partial charge in [-0.15, -0.1) is 0 Å². The number of carbonyl (C=O) groups excluding carboxylic acids is 1. The summed E-state index contributed by atoms with van der Waals surface area (Å²) in [6, 6.07) is 18.9. The average Bonchev–Trinajstić information content (AvgIpc) is 3.44. The first-order valence-corrected chi connectivity index (χ1v) is 9.04.